The molecule has 19 heavy (non-hydrogen) atoms. The van der Waals surface area contributed by atoms with E-state index >= 15 is 0 Å². The highest BCUT2D eigenvalue weighted by Crippen LogP contribution is 2.38. The largest absolute Gasteiger partial charge is 0.495 e. The van der Waals surface area contributed by atoms with Crippen LogP contribution >= 0.6 is 11.6 Å². The molecule has 0 saturated heterocycles. The van der Waals surface area contributed by atoms with Crippen LogP contribution in [0.2, 0.25) is 5.02 Å². The molecule has 100 valence electrons. The van der Waals surface area contributed by atoms with Crippen molar-refractivity contribution in [2.24, 2.45) is 0 Å². The number of benzene rings is 2. The first kappa shape index (κ1) is 13.7. The summed E-state index contributed by atoms with van der Waals surface area (Å²) >= 11 is 5.94. The van der Waals surface area contributed by atoms with Gasteiger partial charge in [0.05, 0.1) is 17.7 Å². The quantitative estimate of drug-likeness (QED) is 0.752. The first-order valence-corrected chi connectivity index (χ1v) is 5.81. The fraction of sp³-hybridized carbons (Fsp3) is 0.143. The van der Waals surface area contributed by atoms with Gasteiger partial charge in [-0.05, 0) is 29.3 Å². The molecular formula is C14H10ClF3O. The lowest BCUT2D eigenvalue weighted by molar-refractivity contribution is -0.137. The minimum absolute atomic E-state index is 0.0968. The number of hydrogen-bond acceptors (Lipinski definition) is 1. The Morgan fingerprint density at radius 2 is 1.74 bits per heavy atom. The van der Waals surface area contributed by atoms with Crippen molar-refractivity contribution in [3.63, 3.8) is 0 Å². The van der Waals surface area contributed by atoms with Gasteiger partial charge < -0.3 is 4.74 Å². The molecule has 0 saturated carbocycles. The highest BCUT2D eigenvalue weighted by atomic mass is 35.5. The number of hydrogen-bond donors (Lipinski definition) is 0. The molecule has 0 atom stereocenters. The summed E-state index contributed by atoms with van der Waals surface area (Å²) in [7, 11) is 1.45. The van der Waals surface area contributed by atoms with Crippen molar-refractivity contribution in [3.05, 3.63) is 53.1 Å². The van der Waals surface area contributed by atoms with Crippen LogP contribution in [0.1, 0.15) is 5.56 Å². The summed E-state index contributed by atoms with van der Waals surface area (Å²) in [5, 5.41) is 0.275. The molecule has 0 amide bonds. The normalized spacial score (nSPS) is 11.4. The smallest absolute Gasteiger partial charge is 0.417 e. The summed E-state index contributed by atoms with van der Waals surface area (Å²) in [6, 6.07) is 9.94. The molecule has 0 aliphatic carbocycles. The molecule has 1 nitrogen and oxygen atoms in total. The van der Waals surface area contributed by atoms with Gasteiger partial charge in [-0.3, -0.25) is 0 Å². The van der Waals surface area contributed by atoms with Crippen LogP contribution in [-0.2, 0) is 6.18 Å². The Bertz CT molecular complexity index is 593. The Balaban J connectivity index is 2.57. The summed E-state index contributed by atoms with van der Waals surface area (Å²) < 4.78 is 43.7. The lowest BCUT2D eigenvalue weighted by Gasteiger charge is -2.13. The van der Waals surface area contributed by atoms with Crippen molar-refractivity contribution >= 4 is 11.6 Å². The van der Waals surface area contributed by atoms with Gasteiger partial charge in [-0.25, -0.2) is 0 Å². The average Bonchev–Trinajstić information content (AvgIpc) is 2.37. The predicted octanol–water partition coefficient (Wildman–Crippen LogP) is 5.03. The van der Waals surface area contributed by atoms with E-state index in [-0.39, 0.29) is 10.6 Å². The van der Waals surface area contributed by atoms with Crippen molar-refractivity contribution < 1.29 is 17.9 Å². The van der Waals surface area contributed by atoms with Gasteiger partial charge in [-0.2, -0.15) is 13.2 Å². The molecule has 0 aliphatic rings. The van der Waals surface area contributed by atoms with Crippen molar-refractivity contribution in [1.82, 2.24) is 0 Å². The third kappa shape index (κ3) is 2.84. The van der Waals surface area contributed by atoms with Gasteiger partial charge in [-0.1, -0.05) is 35.9 Å². The van der Waals surface area contributed by atoms with Crippen molar-refractivity contribution in [2.75, 3.05) is 7.11 Å². The molecule has 0 aromatic heterocycles. The lowest BCUT2D eigenvalue weighted by atomic mass is 9.99. The number of rotatable bonds is 2. The van der Waals surface area contributed by atoms with E-state index in [4.69, 9.17) is 16.3 Å². The second-order valence-electron chi connectivity index (χ2n) is 3.89. The van der Waals surface area contributed by atoms with Crippen molar-refractivity contribution in [2.45, 2.75) is 6.18 Å². The molecular weight excluding hydrogens is 277 g/mol. The molecule has 0 bridgehead atoms. The van der Waals surface area contributed by atoms with E-state index in [1.807, 2.05) is 0 Å². The molecule has 0 unspecified atom stereocenters. The molecule has 0 fully saturated rings. The second-order valence-corrected chi connectivity index (χ2v) is 4.30. The van der Waals surface area contributed by atoms with E-state index in [0.29, 0.717) is 11.3 Å². The summed E-state index contributed by atoms with van der Waals surface area (Å²) in [5.74, 6) is 0.426. The van der Waals surface area contributed by atoms with Crippen LogP contribution in [0.15, 0.2) is 42.5 Å². The topological polar surface area (TPSA) is 9.23 Å². The van der Waals surface area contributed by atoms with Crippen molar-refractivity contribution in [3.8, 4) is 16.9 Å². The Morgan fingerprint density at radius 1 is 1.05 bits per heavy atom. The van der Waals surface area contributed by atoms with Gasteiger partial charge in [0.25, 0.3) is 0 Å². The summed E-state index contributed by atoms with van der Waals surface area (Å²) in [6.07, 6.45) is -4.40. The Kier molecular flexibility index (Phi) is 3.71. The van der Waals surface area contributed by atoms with Gasteiger partial charge in [0.2, 0.25) is 0 Å². The maximum atomic E-state index is 12.9. The first-order valence-electron chi connectivity index (χ1n) is 5.43. The highest BCUT2D eigenvalue weighted by molar-refractivity contribution is 6.32. The Hall–Kier alpha value is -1.68. The predicted molar refractivity (Wildman–Crippen MR) is 68.4 cm³/mol. The van der Waals surface area contributed by atoms with Gasteiger partial charge in [0.1, 0.15) is 5.75 Å². The maximum Gasteiger partial charge on any atom is 0.417 e. The molecule has 2 aromatic rings. The molecule has 0 spiro atoms. The maximum absolute atomic E-state index is 12.9. The third-order valence-electron chi connectivity index (χ3n) is 2.70. The zero-order valence-electron chi connectivity index (χ0n) is 9.96. The molecule has 2 aromatic carbocycles. The van der Waals surface area contributed by atoms with Crippen LogP contribution in [-0.4, -0.2) is 7.11 Å². The van der Waals surface area contributed by atoms with E-state index in [0.717, 1.165) is 6.07 Å². The van der Waals surface area contributed by atoms with E-state index in [1.165, 1.54) is 25.3 Å². The van der Waals surface area contributed by atoms with Gasteiger partial charge in [0.15, 0.2) is 0 Å². The van der Waals surface area contributed by atoms with E-state index in [2.05, 4.69) is 0 Å². The van der Waals surface area contributed by atoms with Crippen LogP contribution < -0.4 is 4.74 Å². The third-order valence-corrected chi connectivity index (χ3v) is 2.99. The second kappa shape index (κ2) is 5.13. The minimum atomic E-state index is -4.40. The number of halogens is 4. The van der Waals surface area contributed by atoms with Gasteiger partial charge in [0, 0.05) is 0 Å². The highest BCUT2D eigenvalue weighted by Gasteiger charge is 2.33. The van der Waals surface area contributed by atoms with Crippen LogP contribution in [0.5, 0.6) is 5.75 Å². The standard InChI is InChI=1S/C14H10ClF3O/c1-19-13-7-6-9(8-12(13)15)10-4-2-3-5-11(10)14(16,17)18/h2-8H,1H3. The van der Waals surface area contributed by atoms with Crippen molar-refractivity contribution in [1.29, 1.82) is 0 Å². The molecule has 0 radical (unpaired) electrons. The molecule has 0 heterocycles. The van der Waals surface area contributed by atoms with E-state index in [1.54, 1.807) is 18.2 Å². The van der Waals surface area contributed by atoms with Crippen LogP contribution in [0.3, 0.4) is 0 Å². The number of methoxy groups -OCH3 is 1. The Labute approximate surface area is 113 Å². The molecule has 2 rings (SSSR count). The summed E-state index contributed by atoms with van der Waals surface area (Å²) in [6.45, 7) is 0. The average molecular weight is 287 g/mol. The summed E-state index contributed by atoms with van der Waals surface area (Å²) in [5.41, 5.74) is -0.186. The summed E-state index contributed by atoms with van der Waals surface area (Å²) in [4.78, 5) is 0. The van der Waals surface area contributed by atoms with E-state index in [9.17, 15) is 13.2 Å². The van der Waals surface area contributed by atoms with Gasteiger partial charge >= 0.3 is 6.18 Å². The van der Waals surface area contributed by atoms with E-state index < -0.39 is 11.7 Å². The lowest BCUT2D eigenvalue weighted by Crippen LogP contribution is -2.06. The number of alkyl halides is 3. The number of ether oxygens (including phenoxy) is 1. The molecule has 0 N–H and O–H groups in total. The zero-order chi connectivity index (χ0) is 14.0. The van der Waals surface area contributed by atoms with Crippen LogP contribution in [0.4, 0.5) is 13.2 Å². The minimum Gasteiger partial charge on any atom is -0.495 e. The first-order chi connectivity index (χ1) is 8.93. The molecule has 5 heteroatoms. The Morgan fingerprint density at radius 3 is 2.32 bits per heavy atom. The fourth-order valence-electron chi connectivity index (χ4n) is 1.82. The SMILES string of the molecule is COc1ccc(-c2ccccc2C(F)(F)F)cc1Cl. The molecule has 0 aliphatic heterocycles. The monoisotopic (exact) mass is 286 g/mol. The zero-order valence-corrected chi connectivity index (χ0v) is 10.7. The van der Waals surface area contributed by atoms with Crippen LogP contribution in [0.25, 0.3) is 11.1 Å². The fourth-order valence-corrected chi connectivity index (χ4v) is 2.07. The van der Waals surface area contributed by atoms with Gasteiger partial charge in [-0.15, -0.1) is 0 Å². The van der Waals surface area contributed by atoms with Crippen LogP contribution in [0, 0.1) is 0 Å².